The van der Waals surface area contributed by atoms with Crippen LogP contribution < -0.4 is 0 Å². The fourth-order valence-corrected chi connectivity index (χ4v) is 3.22. The molecule has 0 aromatic heterocycles. The van der Waals surface area contributed by atoms with Crippen LogP contribution in [0.3, 0.4) is 0 Å². The van der Waals surface area contributed by atoms with Gasteiger partial charge in [0.15, 0.2) is 0 Å². The Morgan fingerprint density at radius 1 is 0.783 bits per heavy atom. The second-order valence-corrected chi connectivity index (χ2v) is 7.46. The maximum atomic E-state index is 12.0. The van der Waals surface area contributed by atoms with Crippen molar-refractivity contribution in [2.75, 3.05) is 5.33 Å². The lowest BCUT2D eigenvalue weighted by Crippen LogP contribution is -2.18. The molecule has 1 unspecified atom stereocenters. The van der Waals surface area contributed by atoms with Crippen LogP contribution in [0.1, 0.15) is 110 Å². The molecular weight excluding hydrogens is 352 g/mol. The summed E-state index contributed by atoms with van der Waals surface area (Å²) < 4.78 is 5.75. The number of hydrogen-bond acceptors (Lipinski definition) is 2. The molecule has 0 fully saturated rings. The summed E-state index contributed by atoms with van der Waals surface area (Å²) in [4.78, 5) is 12.0. The van der Waals surface area contributed by atoms with Crippen molar-refractivity contribution in [1.82, 2.24) is 0 Å². The van der Waals surface area contributed by atoms with Gasteiger partial charge in [0.05, 0.1) is 0 Å². The Balaban J connectivity index is 3.94. The van der Waals surface area contributed by atoms with Crippen molar-refractivity contribution in [2.45, 2.75) is 116 Å². The van der Waals surface area contributed by atoms with Crippen LogP contribution in [0.2, 0.25) is 0 Å². The van der Waals surface area contributed by atoms with Gasteiger partial charge in [0.2, 0.25) is 0 Å². The van der Waals surface area contributed by atoms with Crippen LogP contribution in [0.25, 0.3) is 0 Å². The predicted molar refractivity (Wildman–Crippen MR) is 104 cm³/mol. The third kappa shape index (κ3) is 16.6. The number of hydrogen-bond donors (Lipinski definition) is 0. The topological polar surface area (TPSA) is 26.3 Å². The minimum Gasteiger partial charge on any atom is -0.462 e. The standard InChI is InChI=1S/C20H39BrO2/c1-3-5-7-9-10-12-16-19(15-11-8-6-4-2)23-20(22)17-13-14-18-21/h19H,3-18H2,1-2H3. The molecule has 138 valence electrons. The number of esters is 1. The average Bonchev–Trinajstić information content (AvgIpc) is 2.54. The fraction of sp³-hybridized carbons (Fsp3) is 0.950. The van der Waals surface area contributed by atoms with Gasteiger partial charge in [0.1, 0.15) is 6.10 Å². The molecule has 0 saturated carbocycles. The van der Waals surface area contributed by atoms with Crippen molar-refractivity contribution in [2.24, 2.45) is 0 Å². The normalized spacial score (nSPS) is 12.3. The molecule has 2 nitrogen and oxygen atoms in total. The van der Waals surface area contributed by atoms with E-state index in [0.717, 1.165) is 31.0 Å². The summed E-state index contributed by atoms with van der Waals surface area (Å²) in [5.74, 6) is 0.0115. The quantitative estimate of drug-likeness (QED) is 0.149. The van der Waals surface area contributed by atoms with Gasteiger partial charge >= 0.3 is 5.97 Å². The van der Waals surface area contributed by atoms with E-state index in [2.05, 4.69) is 29.8 Å². The van der Waals surface area contributed by atoms with Crippen molar-refractivity contribution >= 4 is 21.9 Å². The van der Waals surface area contributed by atoms with Crippen LogP contribution >= 0.6 is 15.9 Å². The first-order valence-corrected chi connectivity index (χ1v) is 11.1. The molecule has 0 heterocycles. The Labute approximate surface area is 153 Å². The SMILES string of the molecule is CCCCCCCCC(CCCCCC)OC(=O)CCCCBr. The number of alkyl halides is 1. The number of carbonyl (C=O) groups excluding carboxylic acids is 1. The summed E-state index contributed by atoms with van der Waals surface area (Å²) in [5.41, 5.74) is 0. The molecule has 3 heteroatoms. The van der Waals surface area contributed by atoms with Crippen LogP contribution in [0.4, 0.5) is 0 Å². The van der Waals surface area contributed by atoms with E-state index in [9.17, 15) is 4.79 Å². The highest BCUT2D eigenvalue weighted by molar-refractivity contribution is 9.09. The van der Waals surface area contributed by atoms with Crippen LogP contribution in [0.15, 0.2) is 0 Å². The van der Waals surface area contributed by atoms with Gasteiger partial charge in [-0.3, -0.25) is 4.79 Å². The Bertz CT molecular complexity index is 256. The fourth-order valence-electron chi connectivity index (χ4n) is 2.82. The first kappa shape index (κ1) is 22.9. The van der Waals surface area contributed by atoms with Gasteiger partial charge in [0.25, 0.3) is 0 Å². The number of ether oxygens (including phenoxy) is 1. The molecule has 0 radical (unpaired) electrons. The van der Waals surface area contributed by atoms with Gasteiger partial charge in [-0.1, -0.05) is 81.1 Å². The number of unbranched alkanes of at least 4 members (excludes halogenated alkanes) is 9. The average molecular weight is 391 g/mol. The highest BCUT2D eigenvalue weighted by Crippen LogP contribution is 2.17. The maximum absolute atomic E-state index is 12.0. The molecule has 0 aromatic rings. The Morgan fingerprint density at radius 2 is 1.30 bits per heavy atom. The highest BCUT2D eigenvalue weighted by Gasteiger charge is 2.14. The maximum Gasteiger partial charge on any atom is 0.306 e. The smallest absolute Gasteiger partial charge is 0.306 e. The van der Waals surface area contributed by atoms with Crippen molar-refractivity contribution in [3.05, 3.63) is 0 Å². The van der Waals surface area contributed by atoms with Gasteiger partial charge in [-0.2, -0.15) is 0 Å². The molecular formula is C20H39BrO2. The van der Waals surface area contributed by atoms with Crippen LogP contribution in [-0.4, -0.2) is 17.4 Å². The van der Waals surface area contributed by atoms with E-state index in [1.54, 1.807) is 0 Å². The molecule has 0 bridgehead atoms. The zero-order chi connectivity index (χ0) is 17.2. The molecule has 1 atom stereocenters. The number of rotatable bonds is 17. The van der Waals surface area contributed by atoms with Crippen molar-refractivity contribution in [3.63, 3.8) is 0 Å². The molecule has 0 aliphatic carbocycles. The Kier molecular flexibility index (Phi) is 18.3. The second-order valence-electron chi connectivity index (χ2n) is 6.66. The molecule has 0 aliphatic rings. The summed E-state index contributed by atoms with van der Waals surface area (Å²) in [6.45, 7) is 4.49. The Hall–Kier alpha value is -0.0500. The van der Waals surface area contributed by atoms with Gasteiger partial charge in [-0.05, 0) is 38.5 Å². The van der Waals surface area contributed by atoms with E-state index >= 15 is 0 Å². The van der Waals surface area contributed by atoms with E-state index in [1.165, 1.54) is 64.2 Å². The molecule has 0 amide bonds. The zero-order valence-electron chi connectivity index (χ0n) is 15.6. The van der Waals surface area contributed by atoms with Crippen molar-refractivity contribution in [1.29, 1.82) is 0 Å². The van der Waals surface area contributed by atoms with E-state index in [0.29, 0.717) is 6.42 Å². The minimum absolute atomic E-state index is 0.0115. The van der Waals surface area contributed by atoms with E-state index in [4.69, 9.17) is 4.74 Å². The van der Waals surface area contributed by atoms with Crippen molar-refractivity contribution < 1.29 is 9.53 Å². The third-order valence-corrected chi connectivity index (χ3v) is 4.88. The molecule has 0 rings (SSSR count). The first-order chi connectivity index (χ1) is 11.2. The summed E-state index contributed by atoms with van der Waals surface area (Å²) in [6.07, 6.45) is 17.7. The summed E-state index contributed by atoms with van der Waals surface area (Å²) >= 11 is 3.41. The Morgan fingerprint density at radius 3 is 1.87 bits per heavy atom. The van der Waals surface area contributed by atoms with Gasteiger partial charge in [-0.15, -0.1) is 0 Å². The third-order valence-electron chi connectivity index (χ3n) is 4.32. The predicted octanol–water partition coefficient (Wildman–Crippen LogP) is 7.18. The summed E-state index contributed by atoms with van der Waals surface area (Å²) in [7, 11) is 0. The molecule has 23 heavy (non-hydrogen) atoms. The molecule has 0 spiro atoms. The molecule has 0 aliphatic heterocycles. The van der Waals surface area contributed by atoms with Crippen LogP contribution in [-0.2, 0) is 9.53 Å². The largest absolute Gasteiger partial charge is 0.462 e. The highest BCUT2D eigenvalue weighted by atomic mass is 79.9. The molecule has 0 N–H and O–H groups in total. The van der Waals surface area contributed by atoms with Crippen LogP contribution in [0.5, 0.6) is 0 Å². The summed E-state index contributed by atoms with van der Waals surface area (Å²) in [6, 6.07) is 0. The summed E-state index contributed by atoms with van der Waals surface area (Å²) in [5, 5.41) is 0.971. The lowest BCUT2D eigenvalue weighted by Gasteiger charge is -2.18. The van der Waals surface area contributed by atoms with E-state index < -0.39 is 0 Å². The second kappa shape index (κ2) is 18.3. The lowest BCUT2D eigenvalue weighted by molar-refractivity contribution is -0.150. The van der Waals surface area contributed by atoms with Gasteiger partial charge < -0.3 is 4.74 Å². The van der Waals surface area contributed by atoms with Crippen LogP contribution in [0, 0.1) is 0 Å². The van der Waals surface area contributed by atoms with Crippen molar-refractivity contribution in [3.8, 4) is 0 Å². The first-order valence-electron chi connectivity index (χ1n) is 10.00. The van der Waals surface area contributed by atoms with E-state index in [1.807, 2.05) is 0 Å². The van der Waals surface area contributed by atoms with Gasteiger partial charge in [0, 0.05) is 11.8 Å². The number of carbonyl (C=O) groups is 1. The van der Waals surface area contributed by atoms with Gasteiger partial charge in [-0.25, -0.2) is 0 Å². The molecule has 0 saturated heterocycles. The number of halogens is 1. The minimum atomic E-state index is 0.0115. The molecule has 0 aromatic carbocycles. The zero-order valence-corrected chi connectivity index (χ0v) is 17.2. The van der Waals surface area contributed by atoms with E-state index in [-0.39, 0.29) is 12.1 Å². The lowest BCUT2D eigenvalue weighted by atomic mass is 10.0. The monoisotopic (exact) mass is 390 g/mol.